The molecule has 0 aromatic heterocycles. The van der Waals surface area contributed by atoms with Crippen LogP contribution in [0.4, 0.5) is 0 Å². The van der Waals surface area contributed by atoms with Gasteiger partial charge in [-0.2, -0.15) is 0 Å². The van der Waals surface area contributed by atoms with Gasteiger partial charge in [0, 0.05) is 15.9 Å². The molecule has 1 rings (SSSR count). The van der Waals surface area contributed by atoms with Crippen molar-refractivity contribution in [2.24, 2.45) is 0 Å². The number of rotatable bonds is 4. The lowest BCUT2D eigenvalue weighted by molar-refractivity contribution is -0.135. The summed E-state index contributed by atoms with van der Waals surface area (Å²) < 4.78 is 0. The van der Waals surface area contributed by atoms with E-state index in [1.165, 1.54) is 0 Å². The van der Waals surface area contributed by atoms with E-state index in [1.807, 2.05) is 19.1 Å². The fraction of sp³-hybridized carbons (Fsp3) is 0.154. The van der Waals surface area contributed by atoms with E-state index in [-0.39, 0.29) is 6.54 Å². The minimum atomic E-state index is -0.911. The van der Waals surface area contributed by atoms with Crippen LogP contribution in [0.5, 0.6) is 0 Å². The zero-order chi connectivity index (χ0) is 12.8. The van der Waals surface area contributed by atoms with Gasteiger partial charge in [-0.3, -0.25) is 4.79 Å². The Hall–Kier alpha value is -1.74. The van der Waals surface area contributed by atoms with Crippen LogP contribution in [0.15, 0.2) is 30.4 Å². The van der Waals surface area contributed by atoms with Gasteiger partial charge in [0.25, 0.3) is 0 Å². The molecule has 0 saturated heterocycles. The van der Waals surface area contributed by atoms with Crippen molar-refractivity contribution in [2.75, 3.05) is 6.54 Å². The van der Waals surface area contributed by atoms with Crippen molar-refractivity contribution in [3.8, 4) is 0 Å². The van der Waals surface area contributed by atoms with Crippen LogP contribution in [0.2, 0.25) is 5.02 Å². The van der Waals surface area contributed by atoms with Gasteiger partial charge >= 0.3 is 5.97 Å². The third-order valence-corrected chi connectivity index (χ3v) is 2.36. The SMILES string of the molecule is C=c1cc(Cl)cc/c1=C(/C=C\C)NCC(=O)O. The van der Waals surface area contributed by atoms with E-state index in [0.717, 1.165) is 16.1 Å². The standard InChI is InChI=1S/C13H14ClNO2/c1-3-4-12(15-8-13(16)17)11-6-5-10(14)7-9(11)2/h3-7,15H,2,8H2,1H3,(H,16,17)/b4-3-,12-11+. The highest BCUT2D eigenvalue weighted by Gasteiger charge is 1.99. The largest absolute Gasteiger partial charge is 0.480 e. The van der Waals surface area contributed by atoms with E-state index in [4.69, 9.17) is 16.7 Å². The molecule has 1 aromatic rings. The minimum Gasteiger partial charge on any atom is -0.480 e. The number of carboxylic acids is 1. The van der Waals surface area contributed by atoms with Crippen LogP contribution in [0.3, 0.4) is 0 Å². The summed E-state index contributed by atoms with van der Waals surface area (Å²) in [5.41, 5.74) is 0.719. The first-order chi connectivity index (χ1) is 8.04. The second-order valence-corrected chi connectivity index (χ2v) is 3.90. The highest BCUT2D eigenvalue weighted by atomic mass is 35.5. The van der Waals surface area contributed by atoms with Crippen molar-refractivity contribution in [3.05, 3.63) is 45.8 Å². The Morgan fingerprint density at radius 2 is 2.29 bits per heavy atom. The molecule has 0 aliphatic rings. The minimum absolute atomic E-state index is 0.137. The number of hydrogen-bond acceptors (Lipinski definition) is 2. The van der Waals surface area contributed by atoms with E-state index < -0.39 is 5.97 Å². The first-order valence-electron chi connectivity index (χ1n) is 5.11. The zero-order valence-corrected chi connectivity index (χ0v) is 10.3. The third-order valence-electron chi connectivity index (χ3n) is 2.12. The summed E-state index contributed by atoms with van der Waals surface area (Å²) in [4.78, 5) is 10.5. The normalized spacial score (nSPS) is 12.6. The second kappa shape index (κ2) is 6.11. The molecule has 17 heavy (non-hydrogen) atoms. The van der Waals surface area contributed by atoms with Crippen LogP contribution in [-0.2, 0) is 4.79 Å². The number of carbonyl (C=O) groups is 1. The molecular formula is C13H14ClNO2. The van der Waals surface area contributed by atoms with Crippen LogP contribution in [0.25, 0.3) is 12.3 Å². The average Bonchev–Trinajstić information content (AvgIpc) is 2.24. The number of nitrogens with one attached hydrogen (secondary N) is 1. The molecule has 0 bridgehead atoms. The Morgan fingerprint density at radius 1 is 1.59 bits per heavy atom. The molecule has 0 heterocycles. The van der Waals surface area contributed by atoms with E-state index in [0.29, 0.717) is 5.02 Å². The Balaban J connectivity index is 3.26. The van der Waals surface area contributed by atoms with Gasteiger partial charge < -0.3 is 10.4 Å². The van der Waals surface area contributed by atoms with Crippen LogP contribution in [-0.4, -0.2) is 17.6 Å². The van der Waals surface area contributed by atoms with Crippen molar-refractivity contribution >= 4 is 29.8 Å². The Kier molecular flexibility index (Phi) is 4.79. The molecule has 2 N–H and O–H groups in total. The summed E-state index contributed by atoms with van der Waals surface area (Å²) in [7, 11) is 0. The second-order valence-electron chi connectivity index (χ2n) is 3.46. The van der Waals surface area contributed by atoms with Crippen molar-refractivity contribution in [1.29, 1.82) is 0 Å². The molecule has 0 radical (unpaired) electrons. The number of aliphatic carboxylic acids is 1. The smallest absolute Gasteiger partial charge is 0.322 e. The molecular weight excluding hydrogens is 238 g/mol. The maximum absolute atomic E-state index is 10.5. The number of halogens is 1. The molecule has 0 fully saturated rings. The van der Waals surface area contributed by atoms with Gasteiger partial charge in [-0.05, 0) is 30.4 Å². The third kappa shape index (κ3) is 3.96. The van der Waals surface area contributed by atoms with Crippen molar-refractivity contribution in [1.82, 2.24) is 5.32 Å². The van der Waals surface area contributed by atoms with E-state index in [2.05, 4.69) is 11.9 Å². The van der Waals surface area contributed by atoms with Crippen molar-refractivity contribution in [3.63, 3.8) is 0 Å². The Labute approximate surface area is 105 Å². The zero-order valence-electron chi connectivity index (χ0n) is 9.53. The van der Waals surface area contributed by atoms with E-state index >= 15 is 0 Å². The van der Waals surface area contributed by atoms with Crippen LogP contribution < -0.4 is 15.8 Å². The molecule has 0 spiro atoms. The predicted octanol–water partition coefficient (Wildman–Crippen LogP) is 1.11. The molecule has 90 valence electrons. The van der Waals surface area contributed by atoms with E-state index in [1.54, 1.807) is 18.2 Å². The van der Waals surface area contributed by atoms with Crippen LogP contribution in [0.1, 0.15) is 6.92 Å². The summed E-state index contributed by atoms with van der Waals surface area (Å²) >= 11 is 5.84. The number of allylic oxidation sites excluding steroid dienone is 1. The van der Waals surface area contributed by atoms with Gasteiger partial charge in [0.2, 0.25) is 0 Å². The molecule has 3 nitrogen and oxygen atoms in total. The lowest BCUT2D eigenvalue weighted by atomic mass is 10.2. The molecule has 0 amide bonds. The molecule has 4 heteroatoms. The van der Waals surface area contributed by atoms with Gasteiger partial charge in [0.15, 0.2) is 0 Å². The molecule has 1 aromatic carbocycles. The van der Waals surface area contributed by atoms with E-state index in [9.17, 15) is 4.79 Å². The summed E-state index contributed by atoms with van der Waals surface area (Å²) in [6.45, 7) is 5.61. The van der Waals surface area contributed by atoms with Crippen LogP contribution >= 0.6 is 11.6 Å². The Morgan fingerprint density at radius 3 is 2.82 bits per heavy atom. The fourth-order valence-electron chi connectivity index (χ4n) is 1.41. The van der Waals surface area contributed by atoms with Gasteiger partial charge in [0.05, 0.1) is 0 Å². The molecule has 0 aliphatic heterocycles. The fourth-order valence-corrected chi connectivity index (χ4v) is 1.60. The summed E-state index contributed by atoms with van der Waals surface area (Å²) in [6.07, 6.45) is 3.64. The van der Waals surface area contributed by atoms with Gasteiger partial charge in [0.1, 0.15) is 6.54 Å². The molecule has 0 atom stereocenters. The first-order valence-corrected chi connectivity index (χ1v) is 5.49. The average molecular weight is 252 g/mol. The Bertz CT molecular complexity index is 549. The number of carboxylic acid groups (broad SMARTS) is 1. The number of hydrogen-bond donors (Lipinski definition) is 2. The molecule has 0 saturated carbocycles. The van der Waals surface area contributed by atoms with Gasteiger partial charge in [-0.15, -0.1) is 0 Å². The lowest BCUT2D eigenvalue weighted by Gasteiger charge is -2.05. The number of benzene rings is 1. The lowest BCUT2D eigenvalue weighted by Crippen LogP contribution is -2.32. The molecule has 0 aliphatic carbocycles. The topological polar surface area (TPSA) is 49.3 Å². The summed E-state index contributed by atoms with van der Waals surface area (Å²) in [6, 6.07) is 5.30. The first kappa shape index (κ1) is 13.3. The predicted molar refractivity (Wildman–Crippen MR) is 70.1 cm³/mol. The maximum Gasteiger partial charge on any atom is 0.322 e. The van der Waals surface area contributed by atoms with Crippen LogP contribution in [0, 0.1) is 0 Å². The summed E-state index contributed by atoms with van der Waals surface area (Å²) in [5, 5.41) is 13.7. The van der Waals surface area contributed by atoms with Crippen molar-refractivity contribution < 1.29 is 9.90 Å². The quantitative estimate of drug-likeness (QED) is 0.843. The van der Waals surface area contributed by atoms with Gasteiger partial charge in [-0.25, -0.2) is 0 Å². The highest BCUT2D eigenvalue weighted by Crippen LogP contribution is 2.00. The monoisotopic (exact) mass is 251 g/mol. The maximum atomic E-state index is 10.5. The summed E-state index contributed by atoms with van der Waals surface area (Å²) in [5.74, 6) is -0.911. The van der Waals surface area contributed by atoms with Gasteiger partial charge in [-0.1, -0.05) is 30.3 Å². The highest BCUT2D eigenvalue weighted by molar-refractivity contribution is 6.30. The van der Waals surface area contributed by atoms with Crippen molar-refractivity contribution in [2.45, 2.75) is 6.92 Å². The molecule has 0 unspecified atom stereocenters.